The van der Waals surface area contributed by atoms with Crippen molar-refractivity contribution in [3.8, 4) is 0 Å². The molecule has 0 radical (unpaired) electrons. The van der Waals surface area contributed by atoms with Crippen LogP contribution in [0.4, 0.5) is 0 Å². The molecule has 1 fully saturated rings. The molecule has 0 aromatic carbocycles. The van der Waals surface area contributed by atoms with Crippen LogP contribution < -0.4 is 5.32 Å². The van der Waals surface area contributed by atoms with Gasteiger partial charge in [0, 0.05) is 12.6 Å². The van der Waals surface area contributed by atoms with Crippen LogP contribution in [-0.2, 0) is 0 Å². The third-order valence-corrected chi connectivity index (χ3v) is 1.94. The minimum Gasteiger partial charge on any atom is -0.395 e. The summed E-state index contributed by atoms with van der Waals surface area (Å²) in [5.74, 6) is 0.641. The van der Waals surface area contributed by atoms with Crippen molar-refractivity contribution >= 4 is 0 Å². The molecule has 0 aromatic heterocycles. The number of aliphatic hydroxyl groups excluding tert-OH is 1. The average molecular weight is 141 g/mol. The first-order chi connectivity index (χ1) is 4.86. The zero-order valence-electron chi connectivity index (χ0n) is 6.38. The van der Waals surface area contributed by atoms with Crippen LogP contribution in [0, 0.1) is 5.92 Å². The lowest BCUT2D eigenvalue weighted by Crippen LogP contribution is -2.24. The lowest BCUT2D eigenvalue weighted by molar-refractivity contribution is 0.254. The summed E-state index contributed by atoms with van der Waals surface area (Å²) >= 11 is 0. The van der Waals surface area contributed by atoms with E-state index in [0.717, 1.165) is 13.0 Å². The van der Waals surface area contributed by atoms with Crippen molar-refractivity contribution in [2.24, 2.45) is 5.92 Å². The predicted octanol–water partition coefficient (Wildman–Crippen LogP) is 0.533. The van der Waals surface area contributed by atoms with Crippen molar-refractivity contribution < 1.29 is 5.11 Å². The molecular weight excluding hydrogens is 126 g/mol. The Morgan fingerprint density at radius 3 is 3.00 bits per heavy atom. The highest BCUT2D eigenvalue weighted by Crippen LogP contribution is 2.14. The molecule has 0 spiro atoms. The zero-order chi connectivity index (χ0) is 7.40. The summed E-state index contributed by atoms with van der Waals surface area (Å²) in [5, 5.41) is 12.0. The van der Waals surface area contributed by atoms with Crippen LogP contribution in [0.3, 0.4) is 0 Å². The summed E-state index contributed by atoms with van der Waals surface area (Å²) < 4.78 is 0. The minimum absolute atomic E-state index is 0.272. The lowest BCUT2D eigenvalue weighted by Gasteiger charge is -2.02. The first-order valence-corrected chi connectivity index (χ1v) is 3.84. The van der Waals surface area contributed by atoms with E-state index in [1.165, 1.54) is 0 Å². The molecule has 2 heteroatoms. The van der Waals surface area contributed by atoms with E-state index in [0.29, 0.717) is 12.0 Å². The topological polar surface area (TPSA) is 32.3 Å². The number of allylic oxidation sites excluding steroid dienone is 1. The van der Waals surface area contributed by atoms with Gasteiger partial charge in [0.1, 0.15) is 0 Å². The highest BCUT2D eigenvalue weighted by atomic mass is 16.3. The predicted molar refractivity (Wildman–Crippen MR) is 41.8 cm³/mol. The van der Waals surface area contributed by atoms with E-state index in [4.69, 9.17) is 5.11 Å². The maximum Gasteiger partial charge on any atom is 0.0584 e. The molecule has 0 aromatic rings. The second-order valence-corrected chi connectivity index (χ2v) is 2.81. The second-order valence-electron chi connectivity index (χ2n) is 2.81. The molecule has 2 atom stereocenters. The summed E-state index contributed by atoms with van der Waals surface area (Å²) in [6.45, 7) is 3.33. The second kappa shape index (κ2) is 3.74. The van der Waals surface area contributed by atoms with Gasteiger partial charge in [-0.1, -0.05) is 12.2 Å². The number of nitrogens with one attached hydrogen (secondary N) is 1. The van der Waals surface area contributed by atoms with Crippen LogP contribution in [0.15, 0.2) is 12.2 Å². The fraction of sp³-hybridized carbons (Fsp3) is 0.750. The first-order valence-electron chi connectivity index (χ1n) is 3.84. The molecule has 1 saturated heterocycles. The largest absolute Gasteiger partial charge is 0.395 e. The normalized spacial score (nSPS) is 33.8. The molecule has 1 aliphatic rings. The van der Waals surface area contributed by atoms with E-state index in [1.54, 1.807) is 0 Å². The minimum atomic E-state index is 0.272. The summed E-state index contributed by atoms with van der Waals surface area (Å²) in [6.07, 6.45) is 5.36. The zero-order valence-corrected chi connectivity index (χ0v) is 6.38. The molecule has 0 amide bonds. The van der Waals surface area contributed by atoms with Crippen LogP contribution in [0.5, 0.6) is 0 Å². The Labute approximate surface area is 61.9 Å². The van der Waals surface area contributed by atoms with Gasteiger partial charge in [0.05, 0.1) is 6.61 Å². The molecule has 0 aliphatic carbocycles. The van der Waals surface area contributed by atoms with Crippen LogP contribution >= 0.6 is 0 Å². The number of hydrogen-bond donors (Lipinski definition) is 2. The Balaban J connectivity index is 2.28. The van der Waals surface area contributed by atoms with Crippen LogP contribution in [-0.4, -0.2) is 24.3 Å². The molecule has 2 nitrogen and oxygen atoms in total. The van der Waals surface area contributed by atoms with E-state index in [-0.39, 0.29) is 6.61 Å². The van der Waals surface area contributed by atoms with Crippen LogP contribution in [0.1, 0.15) is 13.3 Å². The number of hydrogen-bond acceptors (Lipinski definition) is 2. The Hall–Kier alpha value is -0.340. The maximum atomic E-state index is 8.77. The lowest BCUT2D eigenvalue weighted by atomic mass is 10.1. The molecule has 2 N–H and O–H groups in total. The van der Waals surface area contributed by atoms with E-state index in [1.807, 2.05) is 6.92 Å². The van der Waals surface area contributed by atoms with Crippen molar-refractivity contribution in [3.63, 3.8) is 0 Å². The molecule has 58 valence electrons. The van der Waals surface area contributed by atoms with Crippen molar-refractivity contribution in [2.45, 2.75) is 19.4 Å². The molecule has 0 saturated carbocycles. The smallest absolute Gasteiger partial charge is 0.0584 e. The van der Waals surface area contributed by atoms with Crippen molar-refractivity contribution in [1.82, 2.24) is 5.32 Å². The van der Waals surface area contributed by atoms with E-state index in [2.05, 4.69) is 17.5 Å². The molecule has 10 heavy (non-hydrogen) atoms. The van der Waals surface area contributed by atoms with Gasteiger partial charge in [-0.15, -0.1) is 0 Å². The standard InChI is InChI=1S/C8H15NO/c1-2-3-7-4-8(6-10)9-5-7/h2-3,7-10H,4-6H2,1H3/t7?,8-/m0/s1. The molecule has 1 heterocycles. The van der Waals surface area contributed by atoms with Gasteiger partial charge in [0.2, 0.25) is 0 Å². The highest BCUT2D eigenvalue weighted by molar-refractivity contribution is 4.94. The summed E-state index contributed by atoms with van der Waals surface area (Å²) in [5.41, 5.74) is 0. The Kier molecular flexibility index (Phi) is 2.90. The summed E-state index contributed by atoms with van der Waals surface area (Å²) in [4.78, 5) is 0. The maximum absolute atomic E-state index is 8.77. The molecule has 1 rings (SSSR count). The summed E-state index contributed by atoms with van der Waals surface area (Å²) in [6, 6.07) is 0.334. The van der Waals surface area contributed by atoms with Gasteiger partial charge in [-0.3, -0.25) is 0 Å². The van der Waals surface area contributed by atoms with Crippen molar-refractivity contribution in [3.05, 3.63) is 12.2 Å². The summed E-state index contributed by atoms with van der Waals surface area (Å²) in [7, 11) is 0. The van der Waals surface area contributed by atoms with E-state index in [9.17, 15) is 0 Å². The van der Waals surface area contributed by atoms with Gasteiger partial charge in [0.15, 0.2) is 0 Å². The third kappa shape index (κ3) is 1.82. The van der Waals surface area contributed by atoms with Gasteiger partial charge in [0.25, 0.3) is 0 Å². The Morgan fingerprint density at radius 2 is 2.50 bits per heavy atom. The van der Waals surface area contributed by atoms with Gasteiger partial charge >= 0.3 is 0 Å². The monoisotopic (exact) mass is 141 g/mol. The number of aliphatic hydroxyl groups is 1. The molecule has 0 bridgehead atoms. The van der Waals surface area contributed by atoms with Crippen molar-refractivity contribution in [2.75, 3.05) is 13.2 Å². The van der Waals surface area contributed by atoms with Gasteiger partial charge in [-0.05, 0) is 19.3 Å². The molecular formula is C8H15NO. The average Bonchev–Trinajstić information content (AvgIpc) is 2.37. The van der Waals surface area contributed by atoms with Crippen molar-refractivity contribution in [1.29, 1.82) is 0 Å². The first kappa shape index (κ1) is 7.76. The van der Waals surface area contributed by atoms with Gasteiger partial charge in [-0.2, -0.15) is 0 Å². The highest BCUT2D eigenvalue weighted by Gasteiger charge is 2.20. The van der Waals surface area contributed by atoms with E-state index >= 15 is 0 Å². The van der Waals surface area contributed by atoms with Gasteiger partial charge < -0.3 is 10.4 Å². The van der Waals surface area contributed by atoms with Crippen LogP contribution in [0.2, 0.25) is 0 Å². The Morgan fingerprint density at radius 1 is 1.70 bits per heavy atom. The van der Waals surface area contributed by atoms with E-state index < -0.39 is 0 Å². The SMILES string of the molecule is CC=CC1CN[C@H](CO)C1. The fourth-order valence-electron chi connectivity index (χ4n) is 1.41. The molecule has 1 aliphatic heterocycles. The van der Waals surface area contributed by atoms with Gasteiger partial charge in [-0.25, -0.2) is 0 Å². The number of rotatable bonds is 2. The quantitative estimate of drug-likeness (QED) is 0.550. The Bertz CT molecular complexity index is 122. The molecule has 1 unspecified atom stereocenters. The fourth-order valence-corrected chi connectivity index (χ4v) is 1.41. The van der Waals surface area contributed by atoms with Crippen LogP contribution in [0.25, 0.3) is 0 Å². The third-order valence-electron chi connectivity index (χ3n) is 1.94.